The van der Waals surface area contributed by atoms with Gasteiger partial charge in [0, 0.05) is 6.07 Å². The number of carbonyl (C=O) groups is 2. The lowest BCUT2D eigenvalue weighted by molar-refractivity contribution is -0.385. The average Bonchev–Trinajstić information content (AvgIpc) is 2.41. The summed E-state index contributed by atoms with van der Waals surface area (Å²) in [5.74, 6) is -1.67. The Hall–Kier alpha value is -2.55. The second-order valence-electron chi connectivity index (χ2n) is 5.69. The summed E-state index contributed by atoms with van der Waals surface area (Å²) in [4.78, 5) is 33.1. The van der Waals surface area contributed by atoms with Crippen LogP contribution in [0, 0.1) is 10.1 Å². The van der Waals surface area contributed by atoms with Gasteiger partial charge in [-0.15, -0.1) is 0 Å². The van der Waals surface area contributed by atoms with Crippen LogP contribution in [0.2, 0.25) is 5.02 Å². The minimum atomic E-state index is -1.48. The number of carbonyl (C=O) groups excluding carboxylic acids is 1. The molecule has 0 aromatic heterocycles. The van der Waals surface area contributed by atoms with Gasteiger partial charge in [-0.3, -0.25) is 10.1 Å². The monoisotopic (exact) mass is 360 g/mol. The molecule has 1 unspecified atom stereocenters. The van der Waals surface area contributed by atoms with Crippen molar-refractivity contribution in [2.45, 2.75) is 32.4 Å². The van der Waals surface area contributed by atoms with Crippen molar-refractivity contribution in [3.05, 3.63) is 33.3 Å². The van der Waals surface area contributed by atoms with Crippen LogP contribution >= 0.6 is 11.6 Å². The maximum atomic E-state index is 11.6. The molecule has 0 fully saturated rings. The SMILES string of the molecule is CC(C)(C)OC(=O)NC(COc1c(Cl)cccc1[N+](=O)[O-])C(=O)O. The molecule has 24 heavy (non-hydrogen) atoms. The minimum Gasteiger partial charge on any atom is -0.483 e. The summed E-state index contributed by atoms with van der Waals surface area (Å²) in [5, 5.41) is 22.1. The average molecular weight is 361 g/mol. The first-order valence-electron chi connectivity index (χ1n) is 6.79. The first kappa shape index (κ1) is 19.5. The molecule has 1 amide bonds. The number of nitrogens with zero attached hydrogens (tertiary/aromatic N) is 1. The van der Waals surface area contributed by atoms with Gasteiger partial charge in [-0.25, -0.2) is 9.59 Å². The summed E-state index contributed by atoms with van der Waals surface area (Å²) in [6.07, 6.45) is -0.952. The van der Waals surface area contributed by atoms with Gasteiger partial charge in [0.15, 0.2) is 6.04 Å². The minimum absolute atomic E-state index is 0.0504. The van der Waals surface area contributed by atoms with Crippen molar-refractivity contribution in [3.63, 3.8) is 0 Å². The Morgan fingerprint density at radius 1 is 1.42 bits per heavy atom. The highest BCUT2D eigenvalue weighted by Gasteiger charge is 2.26. The van der Waals surface area contributed by atoms with E-state index in [1.807, 2.05) is 0 Å². The van der Waals surface area contributed by atoms with Gasteiger partial charge in [0.25, 0.3) is 0 Å². The molecular formula is C14H17ClN2O7. The molecule has 0 saturated heterocycles. The number of hydrogen-bond donors (Lipinski definition) is 2. The number of nitro benzene ring substituents is 1. The number of nitrogens with one attached hydrogen (secondary N) is 1. The van der Waals surface area contributed by atoms with Crippen LogP contribution in [0.5, 0.6) is 5.75 Å². The van der Waals surface area contributed by atoms with E-state index >= 15 is 0 Å². The summed E-state index contributed by atoms with van der Waals surface area (Å²) >= 11 is 5.84. The third kappa shape index (κ3) is 5.92. The quantitative estimate of drug-likeness (QED) is 0.589. The van der Waals surface area contributed by atoms with Crippen LogP contribution in [0.3, 0.4) is 0 Å². The summed E-state index contributed by atoms with van der Waals surface area (Å²) in [6.45, 7) is 4.28. The van der Waals surface area contributed by atoms with Crippen LogP contribution in [-0.4, -0.2) is 40.3 Å². The number of aliphatic carboxylic acids is 1. The highest BCUT2D eigenvalue weighted by molar-refractivity contribution is 6.32. The van der Waals surface area contributed by atoms with Crippen molar-refractivity contribution >= 4 is 29.4 Å². The smallest absolute Gasteiger partial charge is 0.408 e. The molecule has 2 N–H and O–H groups in total. The molecule has 1 rings (SSSR count). The lowest BCUT2D eigenvalue weighted by Gasteiger charge is -2.22. The van der Waals surface area contributed by atoms with Crippen molar-refractivity contribution < 1.29 is 29.1 Å². The van der Waals surface area contributed by atoms with E-state index in [0.717, 1.165) is 6.07 Å². The van der Waals surface area contributed by atoms with Gasteiger partial charge in [-0.05, 0) is 26.8 Å². The first-order chi connectivity index (χ1) is 11.0. The number of benzene rings is 1. The normalized spacial score (nSPS) is 12.2. The van der Waals surface area contributed by atoms with E-state index in [0.29, 0.717) is 0 Å². The van der Waals surface area contributed by atoms with Crippen LogP contribution in [-0.2, 0) is 9.53 Å². The maximum Gasteiger partial charge on any atom is 0.408 e. The Morgan fingerprint density at radius 2 is 2.04 bits per heavy atom. The summed E-state index contributed by atoms with van der Waals surface area (Å²) in [6, 6.07) is 2.41. The number of alkyl carbamates (subject to hydrolysis) is 1. The molecule has 0 bridgehead atoms. The van der Waals surface area contributed by atoms with E-state index in [1.165, 1.54) is 12.1 Å². The van der Waals surface area contributed by atoms with Gasteiger partial charge in [0.1, 0.15) is 12.2 Å². The number of carboxylic acids is 1. The van der Waals surface area contributed by atoms with E-state index in [-0.39, 0.29) is 10.8 Å². The zero-order valence-corrected chi connectivity index (χ0v) is 14.0. The Bertz CT molecular complexity index is 643. The molecular weight excluding hydrogens is 344 g/mol. The van der Waals surface area contributed by atoms with Gasteiger partial charge in [-0.2, -0.15) is 0 Å². The largest absolute Gasteiger partial charge is 0.483 e. The molecule has 0 aliphatic heterocycles. The second-order valence-corrected chi connectivity index (χ2v) is 6.10. The highest BCUT2D eigenvalue weighted by Crippen LogP contribution is 2.34. The molecule has 1 atom stereocenters. The summed E-state index contributed by atoms with van der Waals surface area (Å²) in [7, 11) is 0. The van der Waals surface area contributed by atoms with Crippen LogP contribution < -0.4 is 10.1 Å². The van der Waals surface area contributed by atoms with Crippen molar-refractivity contribution in [1.29, 1.82) is 0 Å². The molecule has 0 aliphatic rings. The molecule has 0 heterocycles. The number of amides is 1. The maximum absolute atomic E-state index is 11.6. The topological polar surface area (TPSA) is 128 Å². The second kappa shape index (κ2) is 7.82. The van der Waals surface area contributed by atoms with Crippen molar-refractivity contribution in [2.24, 2.45) is 0 Å². The summed E-state index contributed by atoms with van der Waals surface area (Å²) in [5.41, 5.74) is -1.22. The van der Waals surface area contributed by atoms with E-state index < -0.39 is 40.9 Å². The van der Waals surface area contributed by atoms with E-state index in [2.05, 4.69) is 5.32 Å². The van der Waals surface area contributed by atoms with Gasteiger partial charge >= 0.3 is 17.7 Å². The standard InChI is InChI=1S/C14H17ClN2O7/c1-14(2,3)24-13(20)16-9(12(18)19)7-23-11-8(15)5-4-6-10(11)17(21)22/h4-6,9H,7H2,1-3H3,(H,16,20)(H,18,19). The summed E-state index contributed by atoms with van der Waals surface area (Å²) < 4.78 is 10.1. The number of halogens is 1. The molecule has 9 nitrogen and oxygen atoms in total. The lowest BCUT2D eigenvalue weighted by Crippen LogP contribution is -2.46. The molecule has 0 aliphatic carbocycles. The Labute approximate surface area is 142 Å². The van der Waals surface area contributed by atoms with E-state index in [1.54, 1.807) is 20.8 Å². The third-order valence-corrected chi connectivity index (χ3v) is 2.82. The lowest BCUT2D eigenvalue weighted by atomic mass is 10.2. The molecule has 1 aromatic rings. The fraction of sp³-hybridized carbons (Fsp3) is 0.429. The van der Waals surface area contributed by atoms with Crippen molar-refractivity contribution in [2.75, 3.05) is 6.61 Å². The Morgan fingerprint density at radius 3 is 2.54 bits per heavy atom. The van der Waals surface area contributed by atoms with Gasteiger partial charge in [0.2, 0.25) is 5.75 Å². The highest BCUT2D eigenvalue weighted by atomic mass is 35.5. The van der Waals surface area contributed by atoms with Gasteiger partial charge < -0.3 is 19.9 Å². The molecule has 0 spiro atoms. The predicted octanol–water partition coefficient (Wildman–Crippen LogP) is 2.60. The molecule has 10 heteroatoms. The number of para-hydroxylation sites is 1. The van der Waals surface area contributed by atoms with E-state index in [4.69, 9.17) is 26.2 Å². The zero-order valence-electron chi connectivity index (χ0n) is 13.2. The number of rotatable bonds is 6. The zero-order chi connectivity index (χ0) is 18.5. The Kier molecular flexibility index (Phi) is 6.35. The van der Waals surface area contributed by atoms with Crippen LogP contribution in [0.1, 0.15) is 20.8 Å². The van der Waals surface area contributed by atoms with Crippen LogP contribution in [0.25, 0.3) is 0 Å². The first-order valence-corrected chi connectivity index (χ1v) is 7.17. The Balaban J connectivity index is 2.84. The molecule has 132 valence electrons. The van der Waals surface area contributed by atoms with Crippen LogP contribution in [0.4, 0.5) is 10.5 Å². The number of ether oxygens (including phenoxy) is 2. The van der Waals surface area contributed by atoms with Gasteiger partial charge in [0.05, 0.1) is 9.95 Å². The van der Waals surface area contributed by atoms with Crippen LogP contribution in [0.15, 0.2) is 18.2 Å². The molecule has 0 saturated carbocycles. The predicted molar refractivity (Wildman–Crippen MR) is 84.4 cm³/mol. The number of carboxylic acid groups (broad SMARTS) is 1. The fourth-order valence-corrected chi connectivity index (χ4v) is 1.80. The van der Waals surface area contributed by atoms with E-state index in [9.17, 15) is 19.7 Å². The van der Waals surface area contributed by atoms with Crippen molar-refractivity contribution in [1.82, 2.24) is 5.32 Å². The van der Waals surface area contributed by atoms with Gasteiger partial charge in [-0.1, -0.05) is 17.7 Å². The van der Waals surface area contributed by atoms with Crippen molar-refractivity contribution in [3.8, 4) is 5.75 Å². The molecule has 1 aromatic carbocycles. The number of hydrogen-bond acceptors (Lipinski definition) is 6. The number of nitro groups is 1. The molecule has 0 radical (unpaired) electrons. The fourth-order valence-electron chi connectivity index (χ4n) is 1.58. The third-order valence-electron chi connectivity index (χ3n) is 2.53.